The van der Waals surface area contributed by atoms with Gasteiger partial charge in [0.15, 0.2) is 0 Å². The predicted molar refractivity (Wildman–Crippen MR) is 36.0 cm³/mol. The van der Waals surface area contributed by atoms with E-state index in [4.69, 9.17) is 16.7 Å². The van der Waals surface area contributed by atoms with Crippen LogP contribution in [0, 0.1) is 0 Å². The number of alkyl halides is 1. The van der Waals surface area contributed by atoms with E-state index in [0.717, 1.165) is 0 Å². The number of rotatable bonds is 3. The molecule has 0 aliphatic heterocycles. The lowest BCUT2D eigenvalue weighted by molar-refractivity contribution is -0.137. The summed E-state index contributed by atoms with van der Waals surface area (Å²) < 4.78 is 0. The Labute approximate surface area is 63.2 Å². The molecule has 0 fully saturated rings. The van der Waals surface area contributed by atoms with E-state index in [-0.39, 0.29) is 6.54 Å². The fraction of sp³-hybridized carbons (Fsp3) is 0.600. The molecule has 0 aliphatic rings. The number of aliphatic carboxylic acids is 1. The molecule has 0 aromatic carbocycles. The fourth-order valence-corrected chi connectivity index (χ4v) is 0.381. The molecule has 1 atom stereocenters. The number of nitrogens with one attached hydrogen (secondary N) is 1. The van der Waals surface area contributed by atoms with Gasteiger partial charge in [0, 0.05) is 0 Å². The van der Waals surface area contributed by atoms with Crippen LogP contribution in [0.5, 0.6) is 0 Å². The van der Waals surface area contributed by atoms with Crippen LogP contribution in [-0.2, 0) is 9.59 Å². The summed E-state index contributed by atoms with van der Waals surface area (Å²) in [5, 5.41) is 9.52. The molecule has 0 aromatic heterocycles. The highest BCUT2D eigenvalue weighted by atomic mass is 35.5. The second kappa shape index (κ2) is 4.11. The van der Waals surface area contributed by atoms with Gasteiger partial charge < -0.3 is 10.4 Å². The van der Waals surface area contributed by atoms with Crippen LogP contribution in [0.15, 0.2) is 0 Å². The molecule has 0 heterocycles. The number of amides is 1. The van der Waals surface area contributed by atoms with Crippen molar-refractivity contribution in [1.29, 1.82) is 0 Å². The van der Waals surface area contributed by atoms with Crippen LogP contribution < -0.4 is 5.32 Å². The van der Waals surface area contributed by atoms with Crippen molar-refractivity contribution in [2.24, 2.45) is 0 Å². The molecule has 0 saturated carbocycles. The molecule has 10 heavy (non-hydrogen) atoms. The van der Waals surface area contributed by atoms with Gasteiger partial charge >= 0.3 is 5.97 Å². The van der Waals surface area contributed by atoms with Gasteiger partial charge in [-0.3, -0.25) is 9.59 Å². The number of halogens is 1. The maximum Gasteiger partial charge on any atom is 0.322 e. The van der Waals surface area contributed by atoms with Gasteiger partial charge in [-0.05, 0) is 6.92 Å². The summed E-state index contributed by atoms with van der Waals surface area (Å²) in [4.78, 5) is 20.4. The number of carboxylic acids is 1. The molecule has 2 N–H and O–H groups in total. The maximum absolute atomic E-state index is 10.5. The highest BCUT2D eigenvalue weighted by molar-refractivity contribution is 6.30. The zero-order valence-corrected chi connectivity index (χ0v) is 6.18. The van der Waals surface area contributed by atoms with E-state index in [9.17, 15) is 9.59 Å². The van der Waals surface area contributed by atoms with Crippen molar-refractivity contribution < 1.29 is 14.7 Å². The summed E-state index contributed by atoms with van der Waals surface area (Å²) in [6.07, 6.45) is 0. The van der Waals surface area contributed by atoms with Gasteiger partial charge in [-0.2, -0.15) is 0 Å². The highest BCUT2D eigenvalue weighted by Gasteiger charge is 2.08. The average Bonchev–Trinajstić information content (AvgIpc) is 1.82. The minimum atomic E-state index is -1.08. The first kappa shape index (κ1) is 9.23. The first-order valence-corrected chi connectivity index (χ1v) is 3.11. The molecule has 0 aliphatic carbocycles. The molecule has 5 heteroatoms. The first-order valence-electron chi connectivity index (χ1n) is 2.67. The lowest BCUT2D eigenvalue weighted by atomic mass is 10.4. The second-order valence-electron chi connectivity index (χ2n) is 1.73. The van der Waals surface area contributed by atoms with E-state index in [1.165, 1.54) is 6.92 Å². The fourth-order valence-electron chi connectivity index (χ4n) is 0.303. The Hall–Kier alpha value is -0.770. The molecule has 4 nitrogen and oxygen atoms in total. The highest BCUT2D eigenvalue weighted by Crippen LogP contribution is 1.90. The summed E-state index contributed by atoms with van der Waals surface area (Å²) >= 11 is 5.31. The zero-order valence-electron chi connectivity index (χ0n) is 5.43. The van der Waals surface area contributed by atoms with Crippen LogP contribution in [0.3, 0.4) is 0 Å². The van der Waals surface area contributed by atoms with E-state index >= 15 is 0 Å². The number of hydrogen-bond acceptors (Lipinski definition) is 2. The van der Waals surface area contributed by atoms with Crippen LogP contribution in [-0.4, -0.2) is 28.9 Å². The monoisotopic (exact) mass is 165 g/mol. The lowest BCUT2D eigenvalue weighted by Crippen LogP contribution is -2.33. The number of carbonyl (C=O) groups is 2. The van der Waals surface area contributed by atoms with Crippen molar-refractivity contribution in [2.45, 2.75) is 12.3 Å². The predicted octanol–water partition coefficient (Wildman–Crippen LogP) is -0.186. The largest absolute Gasteiger partial charge is 0.480 e. The normalized spacial score (nSPS) is 12.2. The van der Waals surface area contributed by atoms with Crippen LogP contribution in [0.25, 0.3) is 0 Å². The molecule has 0 spiro atoms. The summed E-state index contributed by atoms with van der Waals surface area (Å²) in [6, 6.07) is 0. The molecular weight excluding hydrogens is 158 g/mol. The Morgan fingerprint density at radius 3 is 2.50 bits per heavy atom. The maximum atomic E-state index is 10.5. The van der Waals surface area contributed by atoms with Gasteiger partial charge in [-0.1, -0.05) is 0 Å². The first-order chi connectivity index (χ1) is 4.54. The summed E-state index contributed by atoms with van der Waals surface area (Å²) in [5.41, 5.74) is 0. The Morgan fingerprint density at radius 2 is 2.20 bits per heavy atom. The minimum absolute atomic E-state index is 0.379. The molecule has 0 aromatic rings. The zero-order chi connectivity index (χ0) is 8.15. The number of carbonyl (C=O) groups excluding carboxylic acids is 1. The molecule has 1 amide bonds. The van der Waals surface area contributed by atoms with E-state index in [2.05, 4.69) is 5.32 Å². The van der Waals surface area contributed by atoms with E-state index in [1.807, 2.05) is 0 Å². The smallest absolute Gasteiger partial charge is 0.322 e. The van der Waals surface area contributed by atoms with Crippen molar-refractivity contribution in [1.82, 2.24) is 5.32 Å². The Bertz CT molecular complexity index is 146. The van der Waals surface area contributed by atoms with E-state index in [0.29, 0.717) is 0 Å². The van der Waals surface area contributed by atoms with Crippen molar-refractivity contribution in [2.75, 3.05) is 6.54 Å². The molecule has 0 unspecified atom stereocenters. The van der Waals surface area contributed by atoms with Crippen LogP contribution >= 0.6 is 11.6 Å². The van der Waals surface area contributed by atoms with Crippen molar-refractivity contribution in [3.8, 4) is 0 Å². The third-order valence-corrected chi connectivity index (χ3v) is 0.973. The van der Waals surface area contributed by atoms with Crippen molar-refractivity contribution in [3.05, 3.63) is 0 Å². The van der Waals surface area contributed by atoms with Gasteiger partial charge in [0.2, 0.25) is 5.91 Å². The van der Waals surface area contributed by atoms with Crippen LogP contribution in [0.4, 0.5) is 0 Å². The minimum Gasteiger partial charge on any atom is -0.480 e. The summed E-state index contributed by atoms with van der Waals surface area (Å²) in [5.74, 6) is -1.55. The van der Waals surface area contributed by atoms with Crippen molar-refractivity contribution >= 4 is 23.5 Å². The molecular formula is C5H8ClNO3. The lowest BCUT2D eigenvalue weighted by Gasteiger charge is -2.01. The summed E-state index contributed by atoms with van der Waals surface area (Å²) in [7, 11) is 0. The SMILES string of the molecule is C[C@@H](Cl)C(=O)NCC(=O)O. The standard InChI is InChI=1S/C5H8ClNO3/c1-3(6)5(10)7-2-4(8)9/h3H,2H2,1H3,(H,7,10)(H,8,9)/t3-/m1/s1. The average molecular weight is 166 g/mol. The Balaban J connectivity index is 3.50. The van der Waals surface area contributed by atoms with Gasteiger partial charge in [0.25, 0.3) is 0 Å². The summed E-state index contributed by atoms with van der Waals surface area (Å²) in [6.45, 7) is 1.09. The molecule has 0 bridgehead atoms. The molecule has 0 saturated heterocycles. The quantitative estimate of drug-likeness (QED) is 0.570. The third-order valence-electron chi connectivity index (χ3n) is 0.775. The second-order valence-corrected chi connectivity index (χ2v) is 2.38. The van der Waals surface area contributed by atoms with E-state index in [1.54, 1.807) is 0 Å². The van der Waals surface area contributed by atoms with Gasteiger partial charge in [-0.25, -0.2) is 0 Å². The Morgan fingerprint density at radius 1 is 1.70 bits per heavy atom. The molecule has 58 valence electrons. The molecule has 0 rings (SSSR count). The number of hydrogen-bond donors (Lipinski definition) is 2. The van der Waals surface area contributed by atoms with Gasteiger partial charge in [0.05, 0.1) is 0 Å². The topological polar surface area (TPSA) is 66.4 Å². The van der Waals surface area contributed by atoms with Crippen molar-refractivity contribution in [3.63, 3.8) is 0 Å². The van der Waals surface area contributed by atoms with Crippen LogP contribution in [0.2, 0.25) is 0 Å². The van der Waals surface area contributed by atoms with Gasteiger partial charge in [-0.15, -0.1) is 11.6 Å². The van der Waals surface area contributed by atoms with Crippen LogP contribution in [0.1, 0.15) is 6.92 Å². The third kappa shape index (κ3) is 4.14. The van der Waals surface area contributed by atoms with E-state index < -0.39 is 17.3 Å². The van der Waals surface area contributed by atoms with Gasteiger partial charge in [0.1, 0.15) is 11.9 Å². The molecule has 0 radical (unpaired) electrons. The number of carboxylic acid groups (broad SMARTS) is 1. The Kier molecular flexibility index (Phi) is 3.79.